The van der Waals surface area contributed by atoms with Crippen LogP contribution in [-0.4, -0.2) is 9.78 Å². The molecular weight excluding hydrogens is 229 g/mol. The standard InChI is InChI=1S/C11H12FN3.ClH/c1-15-11(4-5-14-15)9-3-2-8(7-13)6-10(9)12;/h2-6H,7,13H2,1H3;1H. The van der Waals surface area contributed by atoms with Crippen molar-refractivity contribution in [3.63, 3.8) is 0 Å². The van der Waals surface area contributed by atoms with E-state index in [4.69, 9.17) is 5.73 Å². The number of hydrogen-bond acceptors (Lipinski definition) is 2. The van der Waals surface area contributed by atoms with E-state index >= 15 is 0 Å². The first-order chi connectivity index (χ1) is 7.22. The van der Waals surface area contributed by atoms with Crippen molar-refractivity contribution < 1.29 is 4.39 Å². The van der Waals surface area contributed by atoms with Crippen LogP contribution < -0.4 is 5.73 Å². The molecule has 2 rings (SSSR count). The van der Waals surface area contributed by atoms with Crippen molar-refractivity contribution in [2.45, 2.75) is 6.54 Å². The maximum atomic E-state index is 13.7. The molecule has 0 aliphatic rings. The van der Waals surface area contributed by atoms with E-state index in [9.17, 15) is 4.39 Å². The summed E-state index contributed by atoms with van der Waals surface area (Å²) in [5.41, 5.74) is 7.53. The lowest BCUT2D eigenvalue weighted by Gasteiger charge is -2.05. The van der Waals surface area contributed by atoms with Crippen molar-refractivity contribution in [2.75, 3.05) is 0 Å². The quantitative estimate of drug-likeness (QED) is 0.875. The fourth-order valence-electron chi connectivity index (χ4n) is 1.53. The van der Waals surface area contributed by atoms with Crippen LogP contribution in [0.15, 0.2) is 30.5 Å². The fourth-order valence-corrected chi connectivity index (χ4v) is 1.53. The molecule has 0 bridgehead atoms. The van der Waals surface area contributed by atoms with Gasteiger partial charge in [-0.2, -0.15) is 5.10 Å². The molecular formula is C11H13ClFN3. The molecule has 2 aromatic rings. The van der Waals surface area contributed by atoms with Crippen molar-refractivity contribution in [2.24, 2.45) is 12.8 Å². The predicted molar refractivity (Wildman–Crippen MR) is 63.7 cm³/mol. The summed E-state index contributed by atoms with van der Waals surface area (Å²) in [4.78, 5) is 0. The van der Waals surface area contributed by atoms with Crippen LogP contribution in [0.1, 0.15) is 5.56 Å². The summed E-state index contributed by atoms with van der Waals surface area (Å²) in [5.74, 6) is -0.262. The Balaban J connectivity index is 0.00000128. The highest BCUT2D eigenvalue weighted by atomic mass is 35.5. The molecule has 0 aliphatic carbocycles. The molecule has 86 valence electrons. The van der Waals surface area contributed by atoms with E-state index < -0.39 is 0 Å². The lowest BCUT2D eigenvalue weighted by atomic mass is 10.1. The number of hydrogen-bond donors (Lipinski definition) is 1. The van der Waals surface area contributed by atoms with Gasteiger partial charge in [0.2, 0.25) is 0 Å². The average molecular weight is 242 g/mol. The molecule has 1 aromatic carbocycles. The van der Waals surface area contributed by atoms with E-state index in [1.165, 1.54) is 6.07 Å². The van der Waals surface area contributed by atoms with Crippen molar-refractivity contribution in [1.82, 2.24) is 9.78 Å². The number of benzene rings is 1. The van der Waals surface area contributed by atoms with E-state index in [0.717, 1.165) is 11.3 Å². The topological polar surface area (TPSA) is 43.8 Å². The lowest BCUT2D eigenvalue weighted by Crippen LogP contribution is -1.99. The van der Waals surface area contributed by atoms with Gasteiger partial charge in [-0.05, 0) is 23.8 Å². The van der Waals surface area contributed by atoms with Gasteiger partial charge in [0.25, 0.3) is 0 Å². The number of halogens is 2. The molecule has 0 unspecified atom stereocenters. The number of aryl methyl sites for hydroxylation is 1. The lowest BCUT2D eigenvalue weighted by molar-refractivity contribution is 0.625. The highest BCUT2D eigenvalue weighted by Crippen LogP contribution is 2.22. The zero-order valence-electron chi connectivity index (χ0n) is 8.85. The molecule has 0 radical (unpaired) electrons. The summed E-state index contributed by atoms with van der Waals surface area (Å²) in [6.45, 7) is 0.350. The molecule has 3 nitrogen and oxygen atoms in total. The van der Waals surface area contributed by atoms with Crippen LogP contribution in [0, 0.1) is 5.82 Å². The van der Waals surface area contributed by atoms with Crippen LogP contribution in [0.2, 0.25) is 0 Å². The molecule has 0 atom stereocenters. The molecule has 0 spiro atoms. The Morgan fingerprint density at radius 2 is 2.12 bits per heavy atom. The zero-order chi connectivity index (χ0) is 10.8. The molecule has 1 aromatic heterocycles. The monoisotopic (exact) mass is 241 g/mol. The second kappa shape index (κ2) is 5.09. The predicted octanol–water partition coefficient (Wildman–Crippen LogP) is 2.11. The minimum absolute atomic E-state index is 0. The number of nitrogens with two attached hydrogens (primary N) is 1. The van der Waals surface area contributed by atoms with E-state index in [-0.39, 0.29) is 18.2 Å². The molecule has 1 heterocycles. The fraction of sp³-hybridized carbons (Fsp3) is 0.182. The first kappa shape index (κ1) is 12.7. The number of aromatic nitrogens is 2. The Morgan fingerprint density at radius 3 is 2.62 bits per heavy atom. The Hall–Kier alpha value is -1.39. The second-order valence-corrected chi connectivity index (χ2v) is 3.36. The maximum absolute atomic E-state index is 13.7. The zero-order valence-corrected chi connectivity index (χ0v) is 9.67. The van der Waals surface area contributed by atoms with E-state index in [1.807, 2.05) is 6.07 Å². The molecule has 0 amide bonds. The molecule has 16 heavy (non-hydrogen) atoms. The summed E-state index contributed by atoms with van der Waals surface area (Å²) >= 11 is 0. The maximum Gasteiger partial charge on any atom is 0.132 e. The Kier molecular flexibility index (Phi) is 4.04. The number of nitrogens with zero attached hydrogens (tertiary/aromatic N) is 2. The van der Waals surface area contributed by atoms with Gasteiger partial charge >= 0.3 is 0 Å². The molecule has 2 N–H and O–H groups in total. The summed E-state index contributed by atoms with van der Waals surface area (Å²) in [6, 6.07) is 6.79. The van der Waals surface area contributed by atoms with Crippen LogP contribution in [0.4, 0.5) is 4.39 Å². The minimum Gasteiger partial charge on any atom is -0.326 e. The van der Waals surface area contributed by atoms with Crippen LogP contribution in [-0.2, 0) is 13.6 Å². The smallest absolute Gasteiger partial charge is 0.132 e. The molecule has 5 heteroatoms. The summed E-state index contributed by atoms with van der Waals surface area (Å²) in [7, 11) is 1.78. The Labute approximate surface area is 99.5 Å². The van der Waals surface area contributed by atoms with Crippen LogP contribution >= 0.6 is 12.4 Å². The third-order valence-electron chi connectivity index (χ3n) is 2.37. The highest BCUT2D eigenvalue weighted by Gasteiger charge is 2.08. The molecule has 0 saturated carbocycles. The Morgan fingerprint density at radius 1 is 1.38 bits per heavy atom. The van der Waals surface area contributed by atoms with Gasteiger partial charge in [0.05, 0.1) is 5.69 Å². The third-order valence-corrected chi connectivity index (χ3v) is 2.37. The number of rotatable bonds is 2. The van der Waals surface area contributed by atoms with Gasteiger partial charge in [-0.25, -0.2) is 4.39 Å². The summed E-state index contributed by atoms with van der Waals surface area (Å²) in [6.07, 6.45) is 1.64. The second-order valence-electron chi connectivity index (χ2n) is 3.36. The Bertz CT molecular complexity index is 482. The van der Waals surface area contributed by atoms with Gasteiger partial charge in [0, 0.05) is 25.4 Å². The van der Waals surface area contributed by atoms with Crippen LogP contribution in [0.25, 0.3) is 11.3 Å². The van der Waals surface area contributed by atoms with E-state index in [2.05, 4.69) is 5.10 Å². The van der Waals surface area contributed by atoms with E-state index in [0.29, 0.717) is 12.1 Å². The van der Waals surface area contributed by atoms with Gasteiger partial charge in [0.15, 0.2) is 0 Å². The van der Waals surface area contributed by atoms with Gasteiger partial charge in [-0.15, -0.1) is 12.4 Å². The van der Waals surface area contributed by atoms with Crippen molar-refractivity contribution >= 4 is 12.4 Å². The first-order valence-electron chi connectivity index (χ1n) is 4.69. The molecule has 0 aliphatic heterocycles. The van der Waals surface area contributed by atoms with Gasteiger partial charge in [-0.1, -0.05) is 6.07 Å². The largest absolute Gasteiger partial charge is 0.326 e. The highest BCUT2D eigenvalue weighted by molar-refractivity contribution is 5.85. The average Bonchev–Trinajstić information content (AvgIpc) is 2.64. The first-order valence-corrected chi connectivity index (χ1v) is 4.69. The SMILES string of the molecule is Cl.Cn1nccc1-c1ccc(CN)cc1F. The van der Waals surface area contributed by atoms with Gasteiger partial charge in [-0.3, -0.25) is 4.68 Å². The summed E-state index contributed by atoms with van der Waals surface area (Å²) < 4.78 is 15.3. The third kappa shape index (κ3) is 2.23. The van der Waals surface area contributed by atoms with Crippen molar-refractivity contribution in [3.05, 3.63) is 41.8 Å². The van der Waals surface area contributed by atoms with Crippen LogP contribution in [0.3, 0.4) is 0 Å². The molecule has 0 saturated heterocycles. The van der Waals surface area contributed by atoms with Crippen LogP contribution in [0.5, 0.6) is 0 Å². The van der Waals surface area contributed by atoms with Crippen molar-refractivity contribution in [3.8, 4) is 11.3 Å². The van der Waals surface area contributed by atoms with Gasteiger partial charge in [0.1, 0.15) is 5.82 Å². The molecule has 0 fully saturated rings. The van der Waals surface area contributed by atoms with Gasteiger partial charge < -0.3 is 5.73 Å². The van der Waals surface area contributed by atoms with E-state index in [1.54, 1.807) is 30.1 Å². The van der Waals surface area contributed by atoms with Crippen molar-refractivity contribution in [1.29, 1.82) is 0 Å². The normalized spacial score (nSPS) is 9.94. The summed E-state index contributed by atoms with van der Waals surface area (Å²) in [5, 5.41) is 4.00. The minimum atomic E-state index is -0.262.